The fourth-order valence-corrected chi connectivity index (χ4v) is 3.26. The van der Waals surface area contributed by atoms with E-state index < -0.39 is 13.4 Å². The predicted octanol–water partition coefficient (Wildman–Crippen LogP) is 0.695. The number of rotatable bonds is 2. The van der Waals surface area contributed by atoms with E-state index >= 15 is 0 Å². The molecule has 0 saturated heterocycles. The van der Waals surface area contributed by atoms with E-state index in [1.807, 2.05) is 6.08 Å². The summed E-state index contributed by atoms with van der Waals surface area (Å²) in [6, 6.07) is 0. The molecule has 0 aliphatic heterocycles. The van der Waals surface area contributed by atoms with Crippen LogP contribution < -0.4 is 0 Å². The third-order valence-corrected chi connectivity index (χ3v) is 4.13. The quantitative estimate of drug-likeness (QED) is 0.457. The molecule has 74 valence electrons. The summed E-state index contributed by atoms with van der Waals surface area (Å²) in [6.45, 7) is 0. The molecule has 0 aromatic rings. The average Bonchev–Trinajstić information content (AvgIpc) is 2.60. The molecule has 0 heterocycles. The fraction of sp³-hybridized carbons (Fsp3) is 0.750. The zero-order chi connectivity index (χ0) is 9.64. The van der Waals surface area contributed by atoms with E-state index in [0.717, 1.165) is 6.42 Å². The summed E-state index contributed by atoms with van der Waals surface area (Å²) in [4.78, 5) is 17.6. The van der Waals surface area contributed by atoms with E-state index in [1.54, 1.807) is 0 Å². The first-order chi connectivity index (χ1) is 5.98. The lowest BCUT2D eigenvalue weighted by molar-refractivity contribution is 0.131. The van der Waals surface area contributed by atoms with Crippen LogP contribution in [0.3, 0.4) is 0 Å². The molecule has 4 atom stereocenters. The maximum absolute atomic E-state index is 10.8. The van der Waals surface area contributed by atoms with Crippen LogP contribution in [0, 0.1) is 17.8 Å². The van der Waals surface area contributed by atoms with E-state index in [1.165, 1.54) is 0 Å². The SMILES string of the molecule is O=P(O)(O)C(O)C1CC2C=CC1C2. The van der Waals surface area contributed by atoms with Crippen molar-refractivity contribution in [1.82, 2.24) is 0 Å². The molecule has 1 fully saturated rings. The molecule has 1 saturated carbocycles. The second-order valence-electron chi connectivity index (χ2n) is 3.95. The first kappa shape index (κ1) is 9.41. The summed E-state index contributed by atoms with van der Waals surface area (Å²) in [5.74, 6) is -1.10. The number of aliphatic hydroxyl groups excluding tert-OH is 1. The van der Waals surface area contributed by atoms with Crippen molar-refractivity contribution in [2.45, 2.75) is 18.7 Å². The minimum Gasteiger partial charge on any atom is -0.380 e. The Balaban J connectivity index is 2.11. The number of fused-ring (bicyclic) bond motifs is 2. The molecular formula is C8H13O4P. The summed E-state index contributed by atoms with van der Waals surface area (Å²) in [7, 11) is -4.31. The van der Waals surface area contributed by atoms with Crippen molar-refractivity contribution in [3.05, 3.63) is 12.2 Å². The van der Waals surface area contributed by atoms with E-state index in [9.17, 15) is 9.67 Å². The maximum atomic E-state index is 10.8. The van der Waals surface area contributed by atoms with Gasteiger partial charge in [-0.2, -0.15) is 0 Å². The molecule has 2 aliphatic rings. The van der Waals surface area contributed by atoms with Crippen molar-refractivity contribution in [3.63, 3.8) is 0 Å². The van der Waals surface area contributed by atoms with Gasteiger partial charge in [-0.1, -0.05) is 12.2 Å². The lowest BCUT2D eigenvalue weighted by Gasteiger charge is -2.24. The summed E-state index contributed by atoms with van der Waals surface area (Å²) in [6.07, 6.45) is 5.71. The Morgan fingerprint density at radius 2 is 2.00 bits per heavy atom. The Labute approximate surface area is 76.4 Å². The van der Waals surface area contributed by atoms with Crippen LogP contribution >= 0.6 is 7.60 Å². The van der Waals surface area contributed by atoms with Crippen LogP contribution in [-0.4, -0.2) is 20.7 Å². The highest BCUT2D eigenvalue weighted by Crippen LogP contribution is 2.53. The molecule has 2 aliphatic carbocycles. The standard InChI is InChI=1S/C8H13O4P/c9-8(13(10,11)12)7-4-5-1-2-6(7)3-5/h1-2,5-9H,3-4H2,(H2,10,11,12). The molecule has 3 N–H and O–H groups in total. The third kappa shape index (κ3) is 1.59. The van der Waals surface area contributed by atoms with Gasteiger partial charge in [0.25, 0.3) is 0 Å². The van der Waals surface area contributed by atoms with Gasteiger partial charge in [-0.3, -0.25) is 4.57 Å². The Morgan fingerprint density at radius 3 is 2.38 bits per heavy atom. The van der Waals surface area contributed by atoms with E-state index in [2.05, 4.69) is 6.08 Å². The minimum absolute atomic E-state index is 0.174. The van der Waals surface area contributed by atoms with Crippen molar-refractivity contribution < 1.29 is 19.5 Å². The first-order valence-electron chi connectivity index (χ1n) is 4.40. The van der Waals surface area contributed by atoms with Gasteiger partial charge in [0.2, 0.25) is 0 Å². The van der Waals surface area contributed by atoms with Crippen molar-refractivity contribution in [1.29, 1.82) is 0 Å². The highest BCUT2D eigenvalue weighted by atomic mass is 31.2. The van der Waals surface area contributed by atoms with E-state index in [4.69, 9.17) is 9.79 Å². The molecule has 4 nitrogen and oxygen atoms in total. The molecule has 0 spiro atoms. The van der Waals surface area contributed by atoms with Crippen molar-refractivity contribution in [3.8, 4) is 0 Å². The van der Waals surface area contributed by atoms with E-state index in [0.29, 0.717) is 12.3 Å². The smallest absolute Gasteiger partial charge is 0.354 e. The summed E-state index contributed by atoms with van der Waals surface area (Å²) >= 11 is 0. The Bertz CT molecular complexity index is 282. The van der Waals surface area contributed by atoms with Crippen LogP contribution in [0.2, 0.25) is 0 Å². The Morgan fingerprint density at radius 1 is 1.31 bits per heavy atom. The largest absolute Gasteiger partial charge is 0.380 e. The number of aliphatic hydroxyl groups is 1. The van der Waals surface area contributed by atoms with Gasteiger partial charge in [-0.05, 0) is 24.7 Å². The maximum Gasteiger partial charge on any atom is 0.354 e. The van der Waals surface area contributed by atoms with Crippen LogP contribution in [0.4, 0.5) is 0 Å². The van der Waals surface area contributed by atoms with Crippen LogP contribution in [0.15, 0.2) is 12.2 Å². The normalized spacial score (nSPS) is 39.8. The van der Waals surface area contributed by atoms with Gasteiger partial charge in [0.1, 0.15) is 0 Å². The van der Waals surface area contributed by atoms with Crippen molar-refractivity contribution >= 4 is 7.60 Å². The molecule has 2 bridgehead atoms. The van der Waals surface area contributed by atoms with Crippen LogP contribution in [-0.2, 0) is 4.57 Å². The van der Waals surface area contributed by atoms with Crippen LogP contribution in [0.1, 0.15) is 12.8 Å². The van der Waals surface area contributed by atoms with E-state index in [-0.39, 0.29) is 11.8 Å². The number of hydrogen-bond donors (Lipinski definition) is 3. The molecule has 5 heteroatoms. The molecule has 0 aromatic heterocycles. The van der Waals surface area contributed by atoms with Gasteiger partial charge in [-0.25, -0.2) is 0 Å². The first-order valence-corrected chi connectivity index (χ1v) is 6.08. The molecule has 13 heavy (non-hydrogen) atoms. The lowest BCUT2D eigenvalue weighted by atomic mass is 9.94. The second kappa shape index (κ2) is 2.92. The minimum atomic E-state index is -4.31. The summed E-state index contributed by atoms with van der Waals surface area (Å²) < 4.78 is 10.8. The number of allylic oxidation sites excluding steroid dienone is 2. The second-order valence-corrected chi connectivity index (χ2v) is 5.65. The monoisotopic (exact) mass is 204 g/mol. The van der Waals surface area contributed by atoms with Gasteiger partial charge in [-0.15, -0.1) is 0 Å². The Hall–Kier alpha value is -0.150. The van der Waals surface area contributed by atoms with Crippen molar-refractivity contribution in [2.24, 2.45) is 17.8 Å². The van der Waals surface area contributed by atoms with Gasteiger partial charge in [0.05, 0.1) is 0 Å². The van der Waals surface area contributed by atoms with Gasteiger partial charge in [0, 0.05) is 5.92 Å². The average molecular weight is 204 g/mol. The van der Waals surface area contributed by atoms with Gasteiger partial charge < -0.3 is 14.9 Å². The highest BCUT2D eigenvalue weighted by Gasteiger charge is 2.45. The lowest BCUT2D eigenvalue weighted by Crippen LogP contribution is -2.23. The summed E-state index contributed by atoms with van der Waals surface area (Å²) in [5, 5.41) is 9.41. The summed E-state index contributed by atoms with van der Waals surface area (Å²) in [5.41, 5.74) is 0. The third-order valence-electron chi connectivity index (χ3n) is 3.06. The fourth-order valence-electron chi connectivity index (χ4n) is 2.42. The van der Waals surface area contributed by atoms with Gasteiger partial charge >= 0.3 is 7.60 Å². The topological polar surface area (TPSA) is 77.8 Å². The Kier molecular flexibility index (Phi) is 2.11. The molecular weight excluding hydrogens is 191 g/mol. The predicted molar refractivity (Wildman–Crippen MR) is 46.9 cm³/mol. The zero-order valence-electron chi connectivity index (χ0n) is 7.08. The number of hydrogen-bond acceptors (Lipinski definition) is 2. The van der Waals surface area contributed by atoms with Crippen molar-refractivity contribution in [2.75, 3.05) is 0 Å². The van der Waals surface area contributed by atoms with Crippen LogP contribution in [0.25, 0.3) is 0 Å². The van der Waals surface area contributed by atoms with Gasteiger partial charge in [0.15, 0.2) is 5.85 Å². The zero-order valence-corrected chi connectivity index (χ0v) is 7.97. The molecule has 2 rings (SSSR count). The highest BCUT2D eigenvalue weighted by molar-refractivity contribution is 7.52. The van der Waals surface area contributed by atoms with Crippen LogP contribution in [0.5, 0.6) is 0 Å². The molecule has 4 unspecified atom stereocenters. The molecule has 0 radical (unpaired) electrons. The molecule has 0 aromatic carbocycles. The molecule has 0 amide bonds.